The van der Waals surface area contributed by atoms with Gasteiger partial charge in [0.15, 0.2) is 17.1 Å². The van der Waals surface area contributed by atoms with Crippen molar-refractivity contribution in [3.05, 3.63) is 50.8 Å². The maximum atomic E-state index is 13.6. The third kappa shape index (κ3) is 3.79. The van der Waals surface area contributed by atoms with Crippen molar-refractivity contribution >= 4 is 22.8 Å². The van der Waals surface area contributed by atoms with E-state index in [2.05, 4.69) is 0 Å². The van der Waals surface area contributed by atoms with Crippen LogP contribution in [0.5, 0.6) is 11.5 Å². The molecule has 0 radical (unpaired) electrons. The summed E-state index contributed by atoms with van der Waals surface area (Å²) in [5, 5.41) is 12.1. The van der Waals surface area contributed by atoms with Gasteiger partial charge in [0.1, 0.15) is 6.61 Å². The molecule has 2 aromatic heterocycles. The molecule has 0 saturated heterocycles. The Morgan fingerprint density at radius 1 is 1.15 bits per heavy atom. The molecule has 1 aromatic carbocycles. The molecule has 3 aliphatic heterocycles. The van der Waals surface area contributed by atoms with Crippen LogP contribution in [-0.2, 0) is 39.5 Å². The lowest BCUT2D eigenvalue weighted by molar-refractivity contribution is -0.172. The lowest BCUT2D eigenvalue weighted by Gasteiger charge is -2.31. The molecule has 0 bridgehead atoms. The van der Waals surface area contributed by atoms with Gasteiger partial charge in [-0.05, 0) is 43.9 Å². The number of rotatable bonds is 7. The van der Waals surface area contributed by atoms with E-state index in [1.165, 1.54) is 0 Å². The normalized spacial score (nSPS) is 18.5. The first-order valence-electron chi connectivity index (χ1n) is 13.2. The van der Waals surface area contributed by atoms with Crippen molar-refractivity contribution in [2.24, 2.45) is 5.73 Å². The Kier molecular flexibility index (Phi) is 6.07. The first kappa shape index (κ1) is 25.3. The van der Waals surface area contributed by atoms with Gasteiger partial charge in [-0.1, -0.05) is 6.92 Å². The molecule has 3 N–H and O–H groups in total. The van der Waals surface area contributed by atoms with Crippen molar-refractivity contribution in [2.45, 2.75) is 51.9 Å². The fraction of sp³-hybridized carbons (Fsp3) is 0.429. The van der Waals surface area contributed by atoms with Gasteiger partial charge in [0.05, 0.1) is 35.6 Å². The van der Waals surface area contributed by atoms with Crippen molar-refractivity contribution < 1.29 is 28.9 Å². The van der Waals surface area contributed by atoms with E-state index in [1.54, 1.807) is 22.5 Å². The molecule has 1 amide bonds. The molecule has 11 nitrogen and oxygen atoms in total. The van der Waals surface area contributed by atoms with Crippen molar-refractivity contribution in [3.63, 3.8) is 0 Å². The molecule has 1 atom stereocenters. The van der Waals surface area contributed by atoms with Gasteiger partial charge in [-0.15, -0.1) is 0 Å². The number of benzene rings is 1. The highest BCUT2D eigenvalue weighted by molar-refractivity contribution is 5.91. The zero-order valence-electron chi connectivity index (χ0n) is 21.9. The van der Waals surface area contributed by atoms with Gasteiger partial charge in [0, 0.05) is 35.7 Å². The lowest BCUT2D eigenvalue weighted by atomic mass is 9.86. The van der Waals surface area contributed by atoms with Crippen LogP contribution in [0.25, 0.3) is 22.3 Å². The Labute approximate surface area is 224 Å². The first-order chi connectivity index (χ1) is 18.8. The predicted molar refractivity (Wildman–Crippen MR) is 140 cm³/mol. The first-order valence-corrected chi connectivity index (χ1v) is 13.2. The highest BCUT2D eigenvalue weighted by Crippen LogP contribution is 2.43. The molecule has 3 aromatic rings. The van der Waals surface area contributed by atoms with Gasteiger partial charge >= 0.3 is 5.97 Å². The van der Waals surface area contributed by atoms with Gasteiger partial charge < -0.3 is 34.5 Å². The van der Waals surface area contributed by atoms with E-state index in [0.29, 0.717) is 60.9 Å². The van der Waals surface area contributed by atoms with Gasteiger partial charge in [0.2, 0.25) is 12.7 Å². The van der Waals surface area contributed by atoms with E-state index in [1.807, 2.05) is 19.1 Å². The number of likely N-dealkylation sites (N-methyl/N-ethyl adjacent to an activating group) is 1. The summed E-state index contributed by atoms with van der Waals surface area (Å²) < 4.78 is 18.0. The summed E-state index contributed by atoms with van der Waals surface area (Å²) in [5.74, 6) is 0.365. The second-order valence-electron chi connectivity index (χ2n) is 10.0. The van der Waals surface area contributed by atoms with Crippen LogP contribution in [0.4, 0.5) is 0 Å². The van der Waals surface area contributed by atoms with E-state index < -0.39 is 11.6 Å². The highest BCUT2D eigenvalue weighted by atomic mass is 16.7. The number of fused-ring (bicyclic) bond motifs is 6. The summed E-state index contributed by atoms with van der Waals surface area (Å²) in [7, 11) is 0. The average molecular weight is 535 g/mol. The minimum atomic E-state index is -1.89. The largest absolute Gasteiger partial charge is 0.458 e. The Bertz CT molecular complexity index is 1600. The maximum absolute atomic E-state index is 13.6. The monoisotopic (exact) mass is 534 g/mol. The van der Waals surface area contributed by atoms with Crippen LogP contribution < -0.4 is 20.8 Å². The van der Waals surface area contributed by atoms with E-state index in [0.717, 1.165) is 16.5 Å². The van der Waals surface area contributed by atoms with Crippen molar-refractivity contribution in [3.8, 4) is 22.9 Å². The number of nitrogens with zero attached hydrogens (tertiary/aromatic N) is 3. The van der Waals surface area contributed by atoms with Gasteiger partial charge in [0.25, 0.3) is 5.56 Å². The fourth-order valence-electron chi connectivity index (χ4n) is 5.87. The predicted octanol–water partition coefficient (Wildman–Crippen LogP) is 1.55. The van der Waals surface area contributed by atoms with Crippen molar-refractivity contribution in [1.82, 2.24) is 14.5 Å². The van der Waals surface area contributed by atoms with Gasteiger partial charge in [-0.2, -0.15) is 0 Å². The maximum Gasteiger partial charge on any atom is 0.343 e. The molecular weight excluding hydrogens is 504 g/mol. The fourth-order valence-corrected chi connectivity index (χ4v) is 5.87. The van der Waals surface area contributed by atoms with E-state index in [-0.39, 0.29) is 49.0 Å². The molecule has 3 aliphatic rings. The van der Waals surface area contributed by atoms with Crippen molar-refractivity contribution in [2.75, 3.05) is 26.4 Å². The number of ether oxygens (including phenoxy) is 3. The molecule has 6 rings (SSSR count). The van der Waals surface area contributed by atoms with Crippen LogP contribution in [-0.4, -0.2) is 57.9 Å². The number of hydrogen-bond donors (Lipinski definition) is 2. The van der Waals surface area contributed by atoms with Crippen molar-refractivity contribution in [1.29, 1.82) is 0 Å². The number of carbonyl (C=O) groups is 2. The Hall–Kier alpha value is -3.96. The zero-order valence-corrected chi connectivity index (χ0v) is 21.9. The molecule has 0 saturated carbocycles. The molecule has 0 unspecified atom stereocenters. The minimum Gasteiger partial charge on any atom is -0.458 e. The Morgan fingerprint density at radius 2 is 1.92 bits per heavy atom. The number of hydrogen-bond acceptors (Lipinski definition) is 9. The third-order valence-electron chi connectivity index (χ3n) is 8.06. The van der Waals surface area contributed by atoms with Crippen LogP contribution in [0.15, 0.2) is 23.0 Å². The molecule has 0 aliphatic carbocycles. The highest BCUT2D eigenvalue weighted by Gasteiger charge is 2.45. The topological polar surface area (TPSA) is 146 Å². The number of amides is 1. The number of aromatic nitrogens is 2. The smallest absolute Gasteiger partial charge is 0.343 e. The van der Waals surface area contributed by atoms with Gasteiger partial charge in [-0.25, -0.2) is 9.78 Å². The number of aryl methyl sites for hydroxylation is 1. The third-order valence-corrected chi connectivity index (χ3v) is 8.06. The second kappa shape index (κ2) is 9.35. The van der Waals surface area contributed by atoms with E-state index >= 15 is 0 Å². The molecule has 0 fully saturated rings. The zero-order chi connectivity index (χ0) is 27.5. The summed E-state index contributed by atoms with van der Waals surface area (Å²) in [6.45, 7) is 4.91. The lowest BCUT2D eigenvalue weighted by Crippen LogP contribution is -2.44. The van der Waals surface area contributed by atoms with Gasteiger partial charge in [-0.3, -0.25) is 9.59 Å². The molecule has 11 heteroatoms. The molecular formula is C28H30N4O7. The van der Waals surface area contributed by atoms with E-state index in [4.69, 9.17) is 24.9 Å². The Balaban J connectivity index is 1.50. The quantitative estimate of drug-likeness (QED) is 0.337. The molecule has 204 valence electrons. The molecule has 5 heterocycles. The van der Waals surface area contributed by atoms with Crippen LogP contribution in [0.2, 0.25) is 0 Å². The van der Waals surface area contributed by atoms with E-state index in [9.17, 15) is 19.5 Å². The summed E-state index contributed by atoms with van der Waals surface area (Å²) in [5.41, 5.74) is 7.68. The number of pyridine rings is 2. The summed E-state index contributed by atoms with van der Waals surface area (Å²) in [4.78, 5) is 45.0. The number of cyclic esters (lactones) is 1. The SMILES string of the molecule is CCN(CCCc1c2c(nc3cc4c(cc13)OCO4)-c1cc3c(c(=O)n1C2)COC(=O)[C@]3(O)CC)C(=O)CN. The van der Waals surface area contributed by atoms with Crippen LogP contribution in [0, 0.1) is 0 Å². The van der Waals surface area contributed by atoms with Crippen LogP contribution >= 0.6 is 0 Å². The minimum absolute atomic E-state index is 0.0376. The average Bonchev–Trinajstić information content (AvgIpc) is 3.56. The second-order valence-corrected chi connectivity index (χ2v) is 10.0. The summed E-state index contributed by atoms with van der Waals surface area (Å²) in [6.07, 6.45) is 1.38. The molecule has 39 heavy (non-hydrogen) atoms. The summed E-state index contributed by atoms with van der Waals surface area (Å²) >= 11 is 0. The number of aliphatic hydroxyl groups is 1. The van der Waals surface area contributed by atoms with Crippen LogP contribution in [0.3, 0.4) is 0 Å². The van der Waals surface area contributed by atoms with Crippen LogP contribution in [0.1, 0.15) is 48.9 Å². The Morgan fingerprint density at radius 3 is 2.64 bits per heavy atom. The number of carbonyl (C=O) groups excluding carboxylic acids is 2. The summed E-state index contributed by atoms with van der Waals surface area (Å²) in [6, 6.07) is 5.46. The molecule has 0 spiro atoms. The number of nitrogens with two attached hydrogens (primary N) is 1. The standard InChI is InChI=1S/C28H30N4O7/c1-3-28(36)19-9-21-25-17(12-32(21)26(34)18(19)13-37-27(28)35)15(6-5-7-31(4-2)24(33)11-29)16-8-22-23(39-14-38-22)10-20(16)30-25/h8-10,36H,3-7,11-14,29H2,1-2H3/t28-/m0/s1. The number of esters is 1.